The zero-order valence-corrected chi connectivity index (χ0v) is 13.9. The average Bonchev–Trinajstić information content (AvgIpc) is 2.74. The topological polar surface area (TPSA) is 15.3 Å². The van der Waals surface area contributed by atoms with Gasteiger partial charge in [0.05, 0.1) is 0 Å². The Morgan fingerprint density at radius 2 is 1.90 bits per heavy atom. The fourth-order valence-electron chi connectivity index (χ4n) is 3.18. The number of hydrogen-bond donors (Lipinski definition) is 1. The van der Waals surface area contributed by atoms with E-state index < -0.39 is 0 Å². The quantitative estimate of drug-likeness (QED) is 0.821. The third kappa shape index (κ3) is 6.62. The molecule has 0 aromatic heterocycles. The molecule has 2 nitrogen and oxygen atoms in total. The van der Waals surface area contributed by atoms with Gasteiger partial charge in [-0.05, 0) is 58.2 Å². The Balaban J connectivity index is 1.59. The van der Waals surface area contributed by atoms with Crippen molar-refractivity contribution in [2.75, 3.05) is 26.2 Å². The van der Waals surface area contributed by atoms with Crippen LogP contribution in [0.5, 0.6) is 0 Å². The summed E-state index contributed by atoms with van der Waals surface area (Å²) in [5, 5.41) is 3.69. The van der Waals surface area contributed by atoms with E-state index >= 15 is 0 Å². The van der Waals surface area contributed by atoms with Crippen molar-refractivity contribution in [2.24, 2.45) is 0 Å². The molecule has 1 fully saturated rings. The lowest BCUT2D eigenvalue weighted by atomic mass is 10.0. The first-order valence-electron chi connectivity index (χ1n) is 8.75. The van der Waals surface area contributed by atoms with Crippen LogP contribution in [0.4, 0.5) is 0 Å². The summed E-state index contributed by atoms with van der Waals surface area (Å²) in [7, 11) is 0. The van der Waals surface area contributed by atoms with E-state index in [1.54, 1.807) is 0 Å². The van der Waals surface area contributed by atoms with Gasteiger partial charge in [-0.25, -0.2) is 0 Å². The maximum Gasteiger partial charge on any atom is 0.0107 e. The van der Waals surface area contributed by atoms with E-state index in [9.17, 15) is 0 Å². The average molecular weight is 288 g/mol. The maximum atomic E-state index is 3.69. The molecule has 0 spiro atoms. The zero-order chi connectivity index (χ0) is 14.9. The molecule has 1 unspecified atom stereocenters. The number of benzene rings is 1. The summed E-state index contributed by atoms with van der Waals surface area (Å²) >= 11 is 0. The number of rotatable bonds is 7. The van der Waals surface area contributed by atoms with Crippen molar-refractivity contribution in [2.45, 2.75) is 58.4 Å². The summed E-state index contributed by atoms with van der Waals surface area (Å²) in [5.74, 6) is 0. The van der Waals surface area contributed by atoms with Gasteiger partial charge in [0, 0.05) is 19.1 Å². The van der Waals surface area contributed by atoms with E-state index in [-0.39, 0.29) is 0 Å². The van der Waals surface area contributed by atoms with Crippen molar-refractivity contribution >= 4 is 0 Å². The summed E-state index contributed by atoms with van der Waals surface area (Å²) in [6.45, 7) is 9.45. The number of likely N-dealkylation sites (tertiary alicyclic amines) is 1. The van der Waals surface area contributed by atoms with E-state index in [2.05, 4.69) is 48.3 Å². The summed E-state index contributed by atoms with van der Waals surface area (Å²) in [6.07, 6.45) is 8.04. The van der Waals surface area contributed by atoms with Crippen LogP contribution in [-0.4, -0.2) is 37.1 Å². The van der Waals surface area contributed by atoms with Gasteiger partial charge < -0.3 is 10.2 Å². The molecule has 21 heavy (non-hydrogen) atoms. The molecule has 118 valence electrons. The van der Waals surface area contributed by atoms with Gasteiger partial charge in [-0.2, -0.15) is 0 Å². The van der Waals surface area contributed by atoms with Crippen LogP contribution >= 0.6 is 0 Å². The molecule has 1 aromatic rings. The summed E-state index contributed by atoms with van der Waals surface area (Å²) < 4.78 is 0. The Bertz CT molecular complexity index is 394. The van der Waals surface area contributed by atoms with Gasteiger partial charge in [0.25, 0.3) is 0 Å². The molecule has 0 radical (unpaired) electrons. The Morgan fingerprint density at radius 1 is 1.14 bits per heavy atom. The van der Waals surface area contributed by atoms with Crippen molar-refractivity contribution in [3.8, 4) is 0 Å². The molecule has 1 heterocycles. The van der Waals surface area contributed by atoms with E-state index in [1.165, 1.54) is 69.3 Å². The van der Waals surface area contributed by atoms with Crippen LogP contribution in [0.1, 0.15) is 50.2 Å². The minimum absolute atomic E-state index is 0.609. The summed E-state index contributed by atoms with van der Waals surface area (Å²) in [5.41, 5.74) is 2.84. The van der Waals surface area contributed by atoms with Crippen LogP contribution in [0.25, 0.3) is 0 Å². The first-order chi connectivity index (χ1) is 10.2. The summed E-state index contributed by atoms with van der Waals surface area (Å²) in [4.78, 5) is 2.63. The lowest BCUT2D eigenvalue weighted by Crippen LogP contribution is -2.36. The molecule has 1 aliphatic rings. The van der Waals surface area contributed by atoms with E-state index in [1.807, 2.05) is 0 Å². The number of hydrogen-bond acceptors (Lipinski definition) is 2. The normalized spacial score (nSPS) is 18.4. The summed E-state index contributed by atoms with van der Waals surface area (Å²) in [6, 6.07) is 9.51. The number of aryl methyl sites for hydroxylation is 2. The van der Waals surface area contributed by atoms with Gasteiger partial charge in [-0.1, -0.05) is 42.7 Å². The minimum Gasteiger partial charge on any atom is -0.313 e. The van der Waals surface area contributed by atoms with Crippen molar-refractivity contribution < 1.29 is 0 Å². The van der Waals surface area contributed by atoms with E-state index in [0.29, 0.717) is 6.04 Å². The Kier molecular flexibility index (Phi) is 7.25. The number of nitrogens with zero attached hydrogens (tertiary/aromatic N) is 1. The number of nitrogens with one attached hydrogen (secondary N) is 1. The molecule has 1 N–H and O–H groups in total. The smallest absolute Gasteiger partial charge is 0.0107 e. The Morgan fingerprint density at radius 3 is 2.62 bits per heavy atom. The molecule has 0 saturated carbocycles. The molecule has 1 aromatic carbocycles. The van der Waals surface area contributed by atoms with Crippen LogP contribution in [-0.2, 0) is 6.42 Å². The molecule has 2 heteroatoms. The van der Waals surface area contributed by atoms with Crippen molar-refractivity contribution in [3.63, 3.8) is 0 Å². The van der Waals surface area contributed by atoms with Gasteiger partial charge in [-0.3, -0.25) is 0 Å². The highest BCUT2D eigenvalue weighted by Gasteiger charge is 2.09. The Labute approximate surface area is 130 Å². The largest absolute Gasteiger partial charge is 0.313 e. The van der Waals surface area contributed by atoms with E-state index in [0.717, 1.165) is 6.54 Å². The predicted octanol–water partition coefficient (Wildman–Crippen LogP) is 3.78. The monoisotopic (exact) mass is 288 g/mol. The van der Waals surface area contributed by atoms with Gasteiger partial charge >= 0.3 is 0 Å². The van der Waals surface area contributed by atoms with Gasteiger partial charge in [0.2, 0.25) is 0 Å². The third-order valence-corrected chi connectivity index (χ3v) is 4.57. The van der Waals surface area contributed by atoms with Crippen molar-refractivity contribution in [1.29, 1.82) is 0 Å². The van der Waals surface area contributed by atoms with Crippen LogP contribution < -0.4 is 5.32 Å². The van der Waals surface area contributed by atoms with Crippen molar-refractivity contribution in [3.05, 3.63) is 35.4 Å². The molecule has 0 aliphatic carbocycles. The first kappa shape index (κ1) is 16.5. The highest BCUT2D eigenvalue weighted by atomic mass is 15.1. The lowest BCUT2D eigenvalue weighted by Gasteiger charge is -2.21. The molecule has 2 rings (SSSR count). The lowest BCUT2D eigenvalue weighted by molar-refractivity contribution is 0.279. The Hall–Kier alpha value is -0.860. The highest BCUT2D eigenvalue weighted by molar-refractivity contribution is 5.22. The fraction of sp³-hybridized carbons (Fsp3) is 0.684. The van der Waals surface area contributed by atoms with Crippen LogP contribution in [0.2, 0.25) is 0 Å². The second-order valence-corrected chi connectivity index (χ2v) is 6.64. The van der Waals surface area contributed by atoms with Gasteiger partial charge in [0.1, 0.15) is 0 Å². The molecular formula is C19H32N2. The fourth-order valence-corrected chi connectivity index (χ4v) is 3.18. The van der Waals surface area contributed by atoms with E-state index in [4.69, 9.17) is 0 Å². The zero-order valence-electron chi connectivity index (χ0n) is 13.9. The second kappa shape index (κ2) is 9.22. The van der Waals surface area contributed by atoms with Crippen LogP contribution in [0.15, 0.2) is 24.3 Å². The van der Waals surface area contributed by atoms with Crippen LogP contribution in [0.3, 0.4) is 0 Å². The molecular weight excluding hydrogens is 256 g/mol. The maximum absolute atomic E-state index is 3.69. The van der Waals surface area contributed by atoms with Gasteiger partial charge in [-0.15, -0.1) is 0 Å². The van der Waals surface area contributed by atoms with Crippen molar-refractivity contribution in [1.82, 2.24) is 10.2 Å². The second-order valence-electron chi connectivity index (χ2n) is 6.64. The molecule has 1 aliphatic heterocycles. The highest BCUT2D eigenvalue weighted by Crippen LogP contribution is 2.10. The minimum atomic E-state index is 0.609. The molecule has 1 atom stereocenters. The standard InChI is InChI=1S/C19H32N2/c1-17-8-7-9-19(16-17)11-10-18(2)20-12-15-21-13-5-3-4-6-14-21/h7-9,16,18,20H,3-6,10-15H2,1-2H3. The molecule has 1 saturated heterocycles. The molecule has 0 amide bonds. The predicted molar refractivity (Wildman–Crippen MR) is 91.9 cm³/mol. The molecule has 0 bridgehead atoms. The third-order valence-electron chi connectivity index (χ3n) is 4.57. The SMILES string of the molecule is Cc1cccc(CCC(C)NCCN2CCCCCC2)c1. The van der Waals surface area contributed by atoms with Gasteiger partial charge in [0.15, 0.2) is 0 Å². The first-order valence-corrected chi connectivity index (χ1v) is 8.75. The van der Waals surface area contributed by atoms with Crippen LogP contribution in [0, 0.1) is 6.92 Å².